The minimum absolute atomic E-state index is 0.144. The Hall–Kier alpha value is -2.18. The normalized spacial score (nSPS) is 21.4. The van der Waals surface area contributed by atoms with E-state index in [-0.39, 0.29) is 23.1 Å². The molecule has 0 aromatic carbocycles. The number of carboxylic acid groups (broad SMARTS) is 1. The van der Waals surface area contributed by atoms with Crippen LogP contribution in [0.1, 0.15) is 30.1 Å². The summed E-state index contributed by atoms with van der Waals surface area (Å²) in [6, 6.07) is 1.23. The Morgan fingerprint density at radius 1 is 1.72 bits per heavy atom. The first-order valence-electron chi connectivity index (χ1n) is 5.67. The molecular formula is C11H13N3O4. The summed E-state index contributed by atoms with van der Waals surface area (Å²) in [5, 5.41) is 22.6. The number of pyridine rings is 1. The molecule has 0 spiro atoms. The zero-order valence-electron chi connectivity index (χ0n) is 9.79. The number of carbonyl (C=O) groups is 1. The van der Waals surface area contributed by atoms with Crippen molar-refractivity contribution in [3.05, 3.63) is 27.9 Å². The van der Waals surface area contributed by atoms with E-state index in [9.17, 15) is 14.9 Å². The zero-order chi connectivity index (χ0) is 13.3. The van der Waals surface area contributed by atoms with E-state index in [1.807, 2.05) is 0 Å². The van der Waals surface area contributed by atoms with Crippen LogP contribution in [0.2, 0.25) is 0 Å². The van der Waals surface area contributed by atoms with E-state index in [1.54, 1.807) is 0 Å². The highest BCUT2D eigenvalue weighted by molar-refractivity contribution is 5.88. The molecule has 7 heteroatoms. The van der Waals surface area contributed by atoms with Gasteiger partial charge in [-0.2, -0.15) is 0 Å². The van der Waals surface area contributed by atoms with Gasteiger partial charge < -0.3 is 10.4 Å². The Morgan fingerprint density at radius 2 is 2.44 bits per heavy atom. The lowest BCUT2D eigenvalue weighted by atomic mass is 10.2. The number of nitro groups is 1. The minimum Gasteiger partial charge on any atom is -0.478 e. The summed E-state index contributed by atoms with van der Waals surface area (Å²) < 4.78 is 0. The Kier molecular flexibility index (Phi) is 3.14. The SMILES string of the molecule is CCC1CC1Nc1ncc(C(=O)O)cc1[N+](=O)[O-]. The first kappa shape index (κ1) is 12.3. The Balaban J connectivity index is 2.24. The third-order valence-corrected chi connectivity index (χ3v) is 3.08. The molecular weight excluding hydrogens is 238 g/mol. The number of nitrogens with one attached hydrogen (secondary N) is 1. The number of anilines is 1. The van der Waals surface area contributed by atoms with Gasteiger partial charge in [-0.15, -0.1) is 0 Å². The van der Waals surface area contributed by atoms with Gasteiger partial charge in [0.05, 0.1) is 10.5 Å². The first-order valence-corrected chi connectivity index (χ1v) is 5.67. The van der Waals surface area contributed by atoms with E-state index in [0.29, 0.717) is 5.92 Å². The fraction of sp³-hybridized carbons (Fsp3) is 0.455. The largest absolute Gasteiger partial charge is 0.478 e. The zero-order valence-corrected chi connectivity index (χ0v) is 9.79. The fourth-order valence-corrected chi connectivity index (χ4v) is 1.87. The lowest BCUT2D eigenvalue weighted by Gasteiger charge is -2.05. The Bertz CT molecular complexity index is 503. The maximum atomic E-state index is 10.9. The lowest BCUT2D eigenvalue weighted by Crippen LogP contribution is -2.10. The van der Waals surface area contributed by atoms with Crippen molar-refractivity contribution in [3.8, 4) is 0 Å². The fourth-order valence-electron chi connectivity index (χ4n) is 1.87. The van der Waals surface area contributed by atoms with Crippen molar-refractivity contribution in [2.24, 2.45) is 5.92 Å². The van der Waals surface area contributed by atoms with Gasteiger partial charge in [0.1, 0.15) is 0 Å². The molecule has 2 unspecified atom stereocenters. The molecule has 1 aliphatic carbocycles. The standard InChI is InChI=1S/C11H13N3O4/c1-2-6-3-8(6)13-10-9(14(17)18)4-7(5-12-10)11(15)16/h4-6,8H,2-3H2,1H3,(H,12,13)(H,15,16). The highest BCUT2D eigenvalue weighted by Gasteiger charge is 2.37. The third-order valence-electron chi connectivity index (χ3n) is 3.08. The van der Waals surface area contributed by atoms with E-state index in [2.05, 4.69) is 17.2 Å². The van der Waals surface area contributed by atoms with Crippen LogP contribution in [0.5, 0.6) is 0 Å². The van der Waals surface area contributed by atoms with Crippen LogP contribution < -0.4 is 5.32 Å². The Labute approximate surface area is 103 Å². The number of hydrogen-bond acceptors (Lipinski definition) is 5. The molecule has 0 aliphatic heterocycles. The molecule has 1 saturated carbocycles. The maximum Gasteiger partial charge on any atom is 0.337 e. The summed E-state index contributed by atoms with van der Waals surface area (Å²) in [5.74, 6) is -0.563. The van der Waals surface area contributed by atoms with Gasteiger partial charge >= 0.3 is 11.7 Å². The van der Waals surface area contributed by atoms with Crippen molar-refractivity contribution in [1.29, 1.82) is 0 Å². The van der Waals surface area contributed by atoms with E-state index < -0.39 is 10.9 Å². The van der Waals surface area contributed by atoms with Crippen LogP contribution in [0.15, 0.2) is 12.3 Å². The van der Waals surface area contributed by atoms with Gasteiger partial charge in [0.2, 0.25) is 5.82 Å². The number of nitrogens with zero attached hydrogens (tertiary/aromatic N) is 2. The lowest BCUT2D eigenvalue weighted by molar-refractivity contribution is -0.384. The average molecular weight is 251 g/mol. The molecule has 0 saturated heterocycles. The van der Waals surface area contributed by atoms with Crippen LogP contribution in [0.25, 0.3) is 0 Å². The van der Waals surface area contributed by atoms with Gasteiger partial charge in [0, 0.05) is 18.3 Å². The topological polar surface area (TPSA) is 105 Å². The van der Waals surface area contributed by atoms with Crippen molar-refractivity contribution in [3.63, 3.8) is 0 Å². The second kappa shape index (κ2) is 4.59. The number of hydrogen-bond donors (Lipinski definition) is 2. The second-order valence-corrected chi connectivity index (χ2v) is 4.31. The van der Waals surface area contributed by atoms with Crippen LogP contribution >= 0.6 is 0 Å². The van der Waals surface area contributed by atoms with Crippen LogP contribution in [-0.2, 0) is 0 Å². The van der Waals surface area contributed by atoms with Crippen molar-refractivity contribution in [2.45, 2.75) is 25.8 Å². The molecule has 0 radical (unpaired) electrons. The summed E-state index contributed by atoms with van der Waals surface area (Å²) in [6.45, 7) is 2.06. The second-order valence-electron chi connectivity index (χ2n) is 4.31. The molecule has 0 amide bonds. The van der Waals surface area contributed by atoms with Crippen molar-refractivity contribution < 1.29 is 14.8 Å². The van der Waals surface area contributed by atoms with Gasteiger partial charge in [-0.05, 0) is 12.3 Å². The van der Waals surface area contributed by atoms with Gasteiger partial charge in [0.15, 0.2) is 0 Å². The van der Waals surface area contributed by atoms with Gasteiger partial charge in [0.25, 0.3) is 0 Å². The highest BCUT2D eigenvalue weighted by Crippen LogP contribution is 2.37. The van der Waals surface area contributed by atoms with E-state index in [1.165, 1.54) is 0 Å². The molecule has 96 valence electrons. The Morgan fingerprint density at radius 3 is 2.94 bits per heavy atom. The van der Waals surface area contributed by atoms with Gasteiger partial charge in [-0.1, -0.05) is 13.3 Å². The van der Waals surface area contributed by atoms with E-state index >= 15 is 0 Å². The van der Waals surface area contributed by atoms with Crippen LogP contribution in [0.4, 0.5) is 11.5 Å². The molecule has 1 heterocycles. The summed E-state index contributed by atoms with van der Waals surface area (Å²) in [6.07, 6.45) is 3.11. The molecule has 1 aromatic heterocycles. The van der Waals surface area contributed by atoms with E-state index in [0.717, 1.165) is 25.1 Å². The summed E-state index contributed by atoms with van der Waals surface area (Å²) in [5.41, 5.74) is -0.480. The first-order chi connectivity index (χ1) is 8.52. The van der Waals surface area contributed by atoms with Crippen molar-refractivity contribution in [2.75, 3.05) is 5.32 Å². The quantitative estimate of drug-likeness (QED) is 0.611. The molecule has 2 atom stereocenters. The molecule has 1 fully saturated rings. The molecule has 7 nitrogen and oxygen atoms in total. The van der Waals surface area contributed by atoms with Gasteiger partial charge in [-0.25, -0.2) is 9.78 Å². The van der Waals surface area contributed by atoms with Crippen LogP contribution in [0, 0.1) is 16.0 Å². The summed E-state index contributed by atoms with van der Waals surface area (Å²) in [7, 11) is 0. The molecule has 1 aromatic rings. The number of rotatable bonds is 5. The van der Waals surface area contributed by atoms with Gasteiger partial charge in [-0.3, -0.25) is 10.1 Å². The van der Waals surface area contributed by atoms with Crippen molar-refractivity contribution >= 4 is 17.5 Å². The number of carboxylic acids is 1. The van der Waals surface area contributed by atoms with E-state index in [4.69, 9.17) is 5.11 Å². The highest BCUT2D eigenvalue weighted by atomic mass is 16.6. The predicted molar refractivity (Wildman–Crippen MR) is 63.7 cm³/mol. The smallest absolute Gasteiger partial charge is 0.337 e. The summed E-state index contributed by atoms with van der Waals surface area (Å²) >= 11 is 0. The molecule has 18 heavy (non-hydrogen) atoms. The molecule has 0 bridgehead atoms. The molecule has 2 N–H and O–H groups in total. The predicted octanol–water partition coefficient (Wildman–Crippen LogP) is 1.90. The van der Waals surface area contributed by atoms with Crippen molar-refractivity contribution in [1.82, 2.24) is 4.98 Å². The minimum atomic E-state index is -1.23. The molecule has 2 rings (SSSR count). The maximum absolute atomic E-state index is 10.9. The number of aromatic nitrogens is 1. The number of aromatic carboxylic acids is 1. The third kappa shape index (κ3) is 2.39. The van der Waals surface area contributed by atoms with Crippen LogP contribution in [-0.4, -0.2) is 27.0 Å². The monoisotopic (exact) mass is 251 g/mol. The van der Waals surface area contributed by atoms with Crippen LogP contribution in [0.3, 0.4) is 0 Å². The summed E-state index contributed by atoms with van der Waals surface area (Å²) in [4.78, 5) is 24.8. The molecule has 1 aliphatic rings. The average Bonchev–Trinajstić information content (AvgIpc) is 3.07.